The van der Waals surface area contributed by atoms with Gasteiger partial charge in [-0.25, -0.2) is 13.1 Å². The summed E-state index contributed by atoms with van der Waals surface area (Å²) in [5.41, 5.74) is 2.47. The molecule has 0 atom stereocenters. The molecular formula is C19H24ClN3O3S. The van der Waals surface area contributed by atoms with E-state index < -0.39 is 10.0 Å². The number of aryl methyl sites for hydroxylation is 1. The summed E-state index contributed by atoms with van der Waals surface area (Å²) in [6.45, 7) is 4.47. The van der Waals surface area contributed by atoms with Crippen LogP contribution in [0.1, 0.15) is 11.1 Å². The van der Waals surface area contributed by atoms with Crippen LogP contribution in [0.3, 0.4) is 0 Å². The van der Waals surface area contributed by atoms with Gasteiger partial charge in [-0.15, -0.1) is 0 Å². The first-order valence-corrected chi connectivity index (χ1v) is 10.3. The number of sulfonamides is 1. The molecule has 0 unspecified atom stereocenters. The first kappa shape index (κ1) is 21.4. The molecule has 2 N–H and O–H groups in total. The molecule has 0 aromatic heterocycles. The van der Waals surface area contributed by atoms with E-state index >= 15 is 0 Å². The molecule has 0 saturated heterocycles. The quantitative estimate of drug-likeness (QED) is 0.702. The number of anilines is 1. The predicted molar refractivity (Wildman–Crippen MR) is 109 cm³/mol. The fourth-order valence-corrected chi connectivity index (χ4v) is 3.62. The lowest BCUT2D eigenvalue weighted by molar-refractivity contribution is -0.117. The molecule has 146 valence electrons. The fourth-order valence-electron chi connectivity index (χ4n) is 2.43. The van der Waals surface area contributed by atoms with Crippen molar-refractivity contribution < 1.29 is 13.2 Å². The van der Waals surface area contributed by atoms with Gasteiger partial charge in [-0.05, 0) is 50.7 Å². The van der Waals surface area contributed by atoms with Gasteiger partial charge in [0.15, 0.2) is 0 Å². The lowest BCUT2D eigenvalue weighted by Crippen LogP contribution is -2.37. The second kappa shape index (κ2) is 9.32. The van der Waals surface area contributed by atoms with Crippen LogP contribution in [-0.2, 0) is 14.8 Å². The van der Waals surface area contributed by atoms with Crippen LogP contribution in [0.5, 0.6) is 0 Å². The average molecular weight is 410 g/mol. The molecule has 27 heavy (non-hydrogen) atoms. The molecule has 2 aromatic rings. The molecule has 8 heteroatoms. The number of nitrogens with one attached hydrogen (secondary N) is 2. The number of hydrogen-bond acceptors (Lipinski definition) is 4. The molecule has 2 rings (SSSR count). The summed E-state index contributed by atoms with van der Waals surface area (Å²) in [7, 11) is -1.80. The van der Waals surface area contributed by atoms with E-state index in [9.17, 15) is 13.2 Å². The van der Waals surface area contributed by atoms with Gasteiger partial charge < -0.3 is 5.32 Å². The van der Waals surface area contributed by atoms with E-state index in [0.717, 1.165) is 11.1 Å². The number of hydrogen-bond donors (Lipinski definition) is 2. The van der Waals surface area contributed by atoms with Gasteiger partial charge in [-0.2, -0.15) is 0 Å². The standard InChI is InChI=1S/C19H24ClN3O3S/c1-14-7-9-16(10-8-14)27(25,26)21-11-12-23(3)13-19(24)22-18-6-4-5-17(20)15(18)2/h4-10,21H,11-13H2,1-3H3,(H,22,24). The van der Waals surface area contributed by atoms with Crippen molar-refractivity contribution in [1.82, 2.24) is 9.62 Å². The minimum absolute atomic E-state index is 0.137. The average Bonchev–Trinajstić information content (AvgIpc) is 2.59. The van der Waals surface area contributed by atoms with E-state index in [1.54, 1.807) is 54.4 Å². The number of amides is 1. The molecular weight excluding hydrogens is 386 g/mol. The summed E-state index contributed by atoms with van der Waals surface area (Å²) in [5.74, 6) is -0.191. The highest BCUT2D eigenvalue weighted by Gasteiger charge is 2.14. The first-order chi connectivity index (χ1) is 12.7. The number of nitrogens with zero attached hydrogens (tertiary/aromatic N) is 1. The van der Waals surface area contributed by atoms with Crippen LogP contribution >= 0.6 is 11.6 Å². The normalized spacial score (nSPS) is 11.6. The summed E-state index contributed by atoms with van der Waals surface area (Å²) in [4.78, 5) is 14.1. The Morgan fingerprint density at radius 3 is 2.44 bits per heavy atom. The molecule has 0 aliphatic rings. The van der Waals surface area contributed by atoms with Crippen molar-refractivity contribution in [3.8, 4) is 0 Å². The minimum atomic E-state index is -3.55. The Morgan fingerprint density at radius 1 is 1.11 bits per heavy atom. The lowest BCUT2D eigenvalue weighted by Gasteiger charge is -2.17. The summed E-state index contributed by atoms with van der Waals surface area (Å²) in [5, 5.41) is 3.41. The van der Waals surface area contributed by atoms with Crippen LogP contribution in [0.25, 0.3) is 0 Å². The van der Waals surface area contributed by atoms with Crippen molar-refractivity contribution in [1.29, 1.82) is 0 Å². The molecule has 0 aliphatic carbocycles. The van der Waals surface area contributed by atoms with Crippen molar-refractivity contribution in [3.05, 3.63) is 58.6 Å². The Labute approximate surface area is 165 Å². The van der Waals surface area contributed by atoms with E-state index in [0.29, 0.717) is 17.3 Å². The van der Waals surface area contributed by atoms with E-state index in [1.807, 2.05) is 13.8 Å². The maximum absolute atomic E-state index is 12.2. The van der Waals surface area contributed by atoms with Crippen molar-refractivity contribution in [3.63, 3.8) is 0 Å². The summed E-state index contributed by atoms with van der Waals surface area (Å²) in [6.07, 6.45) is 0. The van der Waals surface area contributed by atoms with Gasteiger partial charge in [0.05, 0.1) is 11.4 Å². The zero-order valence-corrected chi connectivity index (χ0v) is 17.2. The number of carbonyl (C=O) groups excluding carboxylic acids is 1. The van der Waals surface area contributed by atoms with Crippen LogP contribution in [0.15, 0.2) is 47.4 Å². The Kier molecular flexibility index (Phi) is 7.38. The molecule has 0 saturated carbocycles. The molecule has 6 nitrogen and oxygen atoms in total. The van der Waals surface area contributed by atoms with Crippen LogP contribution in [0.2, 0.25) is 5.02 Å². The lowest BCUT2D eigenvalue weighted by atomic mass is 10.2. The van der Waals surface area contributed by atoms with E-state index in [1.165, 1.54) is 0 Å². The third kappa shape index (κ3) is 6.32. The van der Waals surface area contributed by atoms with Crippen LogP contribution in [0, 0.1) is 13.8 Å². The second-order valence-electron chi connectivity index (χ2n) is 6.41. The van der Waals surface area contributed by atoms with Gasteiger partial charge >= 0.3 is 0 Å². The molecule has 1 amide bonds. The molecule has 0 fully saturated rings. The maximum atomic E-state index is 12.2. The Bertz CT molecular complexity index is 899. The van der Waals surface area contributed by atoms with Crippen LogP contribution in [0.4, 0.5) is 5.69 Å². The zero-order valence-electron chi connectivity index (χ0n) is 15.6. The Hall–Kier alpha value is -1.93. The van der Waals surface area contributed by atoms with Gasteiger partial charge in [0.25, 0.3) is 0 Å². The summed E-state index contributed by atoms with van der Waals surface area (Å²) >= 11 is 6.05. The number of carbonyl (C=O) groups is 1. The van der Waals surface area contributed by atoms with Gasteiger partial charge in [0.1, 0.15) is 0 Å². The van der Waals surface area contributed by atoms with Crippen LogP contribution in [-0.4, -0.2) is 45.9 Å². The molecule has 0 spiro atoms. The highest BCUT2D eigenvalue weighted by molar-refractivity contribution is 7.89. The van der Waals surface area contributed by atoms with E-state index in [-0.39, 0.29) is 23.9 Å². The third-order valence-electron chi connectivity index (χ3n) is 4.07. The Morgan fingerprint density at radius 2 is 1.78 bits per heavy atom. The monoisotopic (exact) mass is 409 g/mol. The molecule has 0 heterocycles. The minimum Gasteiger partial charge on any atom is -0.325 e. The van der Waals surface area contributed by atoms with Crippen molar-refractivity contribution in [2.75, 3.05) is 32.0 Å². The van der Waals surface area contributed by atoms with Gasteiger partial charge in [-0.1, -0.05) is 35.4 Å². The second-order valence-corrected chi connectivity index (χ2v) is 8.58. The Balaban J connectivity index is 1.81. The SMILES string of the molecule is Cc1ccc(S(=O)(=O)NCCN(C)CC(=O)Nc2cccc(Cl)c2C)cc1. The predicted octanol–water partition coefficient (Wildman–Crippen LogP) is 2.81. The van der Waals surface area contributed by atoms with Gasteiger partial charge in [0, 0.05) is 23.8 Å². The molecule has 0 radical (unpaired) electrons. The highest BCUT2D eigenvalue weighted by Crippen LogP contribution is 2.22. The maximum Gasteiger partial charge on any atom is 0.240 e. The van der Waals surface area contributed by atoms with E-state index in [2.05, 4.69) is 10.0 Å². The molecule has 0 bridgehead atoms. The third-order valence-corrected chi connectivity index (χ3v) is 5.96. The molecule has 0 aliphatic heterocycles. The van der Waals surface area contributed by atoms with Crippen molar-refractivity contribution >= 4 is 33.2 Å². The number of halogens is 1. The fraction of sp³-hybridized carbons (Fsp3) is 0.316. The number of likely N-dealkylation sites (N-methyl/N-ethyl adjacent to an activating group) is 1. The van der Waals surface area contributed by atoms with Gasteiger partial charge in [-0.3, -0.25) is 9.69 Å². The number of rotatable bonds is 8. The van der Waals surface area contributed by atoms with Crippen molar-refractivity contribution in [2.45, 2.75) is 18.7 Å². The highest BCUT2D eigenvalue weighted by atomic mass is 35.5. The molecule has 2 aromatic carbocycles. The zero-order chi connectivity index (χ0) is 20.0. The first-order valence-electron chi connectivity index (χ1n) is 8.49. The van der Waals surface area contributed by atoms with Crippen molar-refractivity contribution in [2.24, 2.45) is 0 Å². The topological polar surface area (TPSA) is 78.5 Å². The summed E-state index contributed by atoms with van der Waals surface area (Å²) in [6, 6.07) is 12.0. The smallest absolute Gasteiger partial charge is 0.240 e. The number of benzene rings is 2. The van der Waals surface area contributed by atoms with E-state index in [4.69, 9.17) is 11.6 Å². The van der Waals surface area contributed by atoms with Crippen LogP contribution < -0.4 is 10.0 Å². The largest absolute Gasteiger partial charge is 0.325 e. The summed E-state index contributed by atoms with van der Waals surface area (Å²) < 4.78 is 27.0. The van der Waals surface area contributed by atoms with Gasteiger partial charge in [0.2, 0.25) is 15.9 Å².